The second-order valence-electron chi connectivity index (χ2n) is 6.71. The minimum Gasteiger partial charge on any atom is -0.483 e. The smallest absolute Gasteiger partial charge is 0.260 e. The van der Waals surface area contributed by atoms with Crippen LogP contribution < -0.4 is 10.5 Å². The molecular weight excluding hydrogens is 300 g/mol. The van der Waals surface area contributed by atoms with Crippen LogP contribution >= 0.6 is 12.4 Å². The molecule has 0 aromatic heterocycles. The zero-order chi connectivity index (χ0) is 15.6. The molecule has 0 aliphatic carbocycles. The summed E-state index contributed by atoms with van der Waals surface area (Å²) < 4.78 is 5.76. The maximum Gasteiger partial charge on any atom is 0.260 e. The predicted molar refractivity (Wildman–Crippen MR) is 91.6 cm³/mol. The number of hydrogen-bond donors (Lipinski definition) is 1. The lowest BCUT2D eigenvalue weighted by Crippen LogP contribution is -2.54. The first-order valence-corrected chi connectivity index (χ1v) is 7.53. The molecule has 1 saturated heterocycles. The number of benzene rings is 1. The zero-order valence-corrected chi connectivity index (χ0v) is 14.7. The minimum absolute atomic E-state index is 0. The first-order chi connectivity index (χ1) is 9.81. The number of halogens is 1. The van der Waals surface area contributed by atoms with Gasteiger partial charge in [-0.3, -0.25) is 4.79 Å². The van der Waals surface area contributed by atoms with E-state index in [1.165, 1.54) is 0 Å². The van der Waals surface area contributed by atoms with E-state index in [1.54, 1.807) is 0 Å². The van der Waals surface area contributed by atoms with Crippen molar-refractivity contribution in [1.29, 1.82) is 0 Å². The van der Waals surface area contributed by atoms with E-state index in [0.29, 0.717) is 6.54 Å². The van der Waals surface area contributed by atoms with Gasteiger partial charge in [-0.15, -0.1) is 12.4 Å². The van der Waals surface area contributed by atoms with Gasteiger partial charge in [0, 0.05) is 19.1 Å². The number of ether oxygens (including phenoxy) is 1. The van der Waals surface area contributed by atoms with Crippen molar-refractivity contribution in [2.24, 2.45) is 11.1 Å². The molecule has 1 aromatic carbocycles. The molecule has 1 unspecified atom stereocenters. The number of para-hydroxylation sites is 1. The summed E-state index contributed by atoms with van der Waals surface area (Å²) in [5.74, 6) is 0.858. The van der Waals surface area contributed by atoms with Crippen LogP contribution in [0.2, 0.25) is 0 Å². The zero-order valence-electron chi connectivity index (χ0n) is 13.9. The average Bonchev–Trinajstić information content (AvgIpc) is 2.41. The fraction of sp³-hybridized carbons (Fsp3) is 0.588. The molecule has 0 bridgehead atoms. The van der Waals surface area contributed by atoms with Gasteiger partial charge in [0.25, 0.3) is 5.91 Å². The number of aryl methyl sites for hydroxylation is 2. The Labute approximate surface area is 139 Å². The summed E-state index contributed by atoms with van der Waals surface area (Å²) in [5, 5.41) is 0. The highest BCUT2D eigenvalue weighted by Crippen LogP contribution is 2.28. The van der Waals surface area contributed by atoms with E-state index >= 15 is 0 Å². The van der Waals surface area contributed by atoms with Crippen LogP contribution in [0.3, 0.4) is 0 Å². The van der Waals surface area contributed by atoms with Crippen molar-refractivity contribution in [3.05, 3.63) is 29.3 Å². The van der Waals surface area contributed by atoms with Crippen molar-refractivity contribution in [3.8, 4) is 5.75 Å². The van der Waals surface area contributed by atoms with E-state index in [-0.39, 0.29) is 36.4 Å². The first kappa shape index (κ1) is 18.8. The number of piperidine rings is 1. The number of likely N-dealkylation sites (tertiary alicyclic amines) is 1. The Morgan fingerprint density at radius 1 is 1.36 bits per heavy atom. The maximum atomic E-state index is 12.3. The molecule has 124 valence electrons. The number of amides is 1. The second-order valence-corrected chi connectivity index (χ2v) is 6.71. The van der Waals surface area contributed by atoms with Crippen LogP contribution in [0.5, 0.6) is 5.75 Å². The molecule has 1 fully saturated rings. The fourth-order valence-electron chi connectivity index (χ4n) is 2.84. The van der Waals surface area contributed by atoms with Gasteiger partial charge in [0.15, 0.2) is 6.61 Å². The van der Waals surface area contributed by atoms with E-state index in [2.05, 4.69) is 13.8 Å². The van der Waals surface area contributed by atoms with Gasteiger partial charge in [-0.25, -0.2) is 0 Å². The lowest BCUT2D eigenvalue weighted by molar-refractivity contribution is -0.136. The van der Waals surface area contributed by atoms with E-state index in [9.17, 15) is 4.79 Å². The number of rotatable bonds is 3. The third-order valence-electron chi connectivity index (χ3n) is 4.41. The summed E-state index contributed by atoms with van der Waals surface area (Å²) in [7, 11) is 0. The fourth-order valence-corrected chi connectivity index (χ4v) is 2.84. The van der Waals surface area contributed by atoms with E-state index in [1.807, 2.05) is 36.9 Å². The Hall–Kier alpha value is -1.26. The molecule has 2 rings (SSSR count). The molecule has 0 saturated carbocycles. The van der Waals surface area contributed by atoms with Crippen LogP contribution in [0.15, 0.2) is 18.2 Å². The summed E-state index contributed by atoms with van der Waals surface area (Å²) in [4.78, 5) is 14.2. The average molecular weight is 327 g/mol. The topological polar surface area (TPSA) is 55.6 Å². The van der Waals surface area contributed by atoms with Crippen molar-refractivity contribution in [2.45, 2.75) is 40.2 Å². The van der Waals surface area contributed by atoms with Gasteiger partial charge in [0.05, 0.1) is 0 Å². The van der Waals surface area contributed by atoms with Gasteiger partial charge in [0.1, 0.15) is 5.75 Å². The molecule has 4 nitrogen and oxygen atoms in total. The molecule has 1 atom stereocenters. The lowest BCUT2D eigenvalue weighted by Gasteiger charge is -2.42. The molecule has 1 aliphatic rings. The SMILES string of the molecule is Cc1cccc(C)c1OCC(=O)N1CCC(N)C(C)(C)C1.Cl. The monoisotopic (exact) mass is 326 g/mol. The van der Waals surface area contributed by atoms with Gasteiger partial charge in [-0.05, 0) is 36.8 Å². The number of nitrogens with two attached hydrogens (primary N) is 1. The van der Waals surface area contributed by atoms with E-state index < -0.39 is 0 Å². The quantitative estimate of drug-likeness (QED) is 0.929. The molecular formula is C17H27ClN2O2. The molecule has 1 aliphatic heterocycles. The highest BCUT2D eigenvalue weighted by Gasteiger charge is 2.35. The number of hydrogen-bond acceptors (Lipinski definition) is 3. The predicted octanol–water partition coefficient (Wildman–Crippen LogP) is 2.69. The summed E-state index contributed by atoms with van der Waals surface area (Å²) in [6, 6.07) is 6.14. The van der Waals surface area contributed by atoms with Crippen molar-refractivity contribution >= 4 is 18.3 Å². The van der Waals surface area contributed by atoms with Crippen molar-refractivity contribution in [2.75, 3.05) is 19.7 Å². The summed E-state index contributed by atoms with van der Waals surface area (Å²) in [6.45, 7) is 9.73. The Bertz CT molecular complexity index is 511. The largest absolute Gasteiger partial charge is 0.483 e. The van der Waals surface area contributed by atoms with Gasteiger partial charge in [0.2, 0.25) is 0 Å². The van der Waals surface area contributed by atoms with Gasteiger partial charge >= 0.3 is 0 Å². The first-order valence-electron chi connectivity index (χ1n) is 7.53. The molecule has 1 amide bonds. The molecule has 22 heavy (non-hydrogen) atoms. The summed E-state index contributed by atoms with van der Waals surface area (Å²) in [6.07, 6.45) is 0.849. The van der Waals surface area contributed by atoms with Crippen LogP contribution in [0, 0.1) is 19.3 Å². The highest BCUT2D eigenvalue weighted by molar-refractivity contribution is 5.85. The van der Waals surface area contributed by atoms with E-state index in [0.717, 1.165) is 29.8 Å². The van der Waals surface area contributed by atoms with Crippen molar-refractivity contribution in [3.63, 3.8) is 0 Å². The second kappa shape index (κ2) is 7.34. The third-order valence-corrected chi connectivity index (χ3v) is 4.41. The summed E-state index contributed by atoms with van der Waals surface area (Å²) in [5.41, 5.74) is 8.19. The molecule has 0 radical (unpaired) electrons. The van der Waals surface area contributed by atoms with Gasteiger partial charge in [-0.1, -0.05) is 32.0 Å². The minimum atomic E-state index is -0.0352. The Kier molecular flexibility index (Phi) is 6.27. The van der Waals surface area contributed by atoms with Crippen LogP contribution in [-0.2, 0) is 4.79 Å². The maximum absolute atomic E-state index is 12.3. The highest BCUT2D eigenvalue weighted by atomic mass is 35.5. The normalized spacial score (nSPS) is 20.2. The Balaban J connectivity index is 0.00000242. The van der Waals surface area contributed by atoms with Crippen LogP contribution in [0.1, 0.15) is 31.4 Å². The molecule has 1 aromatic rings. The Morgan fingerprint density at radius 3 is 2.50 bits per heavy atom. The lowest BCUT2D eigenvalue weighted by atomic mass is 9.80. The standard InChI is InChI=1S/C17H26N2O2.ClH/c1-12-6-5-7-13(2)16(12)21-10-15(20)19-9-8-14(18)17(3,4)11-19;/h5-7,14H,8-11,18H2,1-4H3;1H. The van der Waals surface area contributed by atoms with Crippen molar-refractivity contribution in [1.82, 2.24) is 4.90 Å². The van der Waals surface area contributed by atoms with Gasteiger partial charge < -0.3 is 15.4 Å². The molecule has 5 heteroatoms. The van der Waals surface area contributed by atoms with E-state index in [4.69, 9.17) is 10.5 Å². The molecule has 0 spiro atoms. The van der Waals surface area contributed by atoms with Gasteiger partial charge in [-0.2, -0.15) is 0 Å². The Morgan fingerprint density at radius 2 is 1.95 bits per heavy atom. The van der Waals surface area contributed by atoms with Crippen molar-refractivity contribution < 1.29 is 9.53 Å². The molecule has 2 N–H and O–H groups in total. The third kappa shape index (κ3) is 4.14. The van der Waals surface area contributed by atoms with Crippen LogP contribution in [0.25, 0.3) is 0 Å². The summed E-state index contributed by atoms with van der Waals surface area (Å²) >= 11 is 0. The number of carbonyl (C=O) groups excluding carboxylic acids is 1. The van der Waals surface area contributed by atoms with Crippen LogP contribution in [0.4, 0.5) is 0 Å². The molecule has 1 heterocycles. The number of carbonyl (C=O) groups is 1. The van der Waals surface area contributed by atoms with Crippen LogP contribution in [-0.4, -0.2) is 36.5 Å². The number of nitrogens with zero attached hydrogens (tertiary/aromatic N) is 1.